The zero-order chi connectivity index (χ0) is 23.6. The van der Waals surface area contributed by atoms with Gasteiger partial charge in [-0.15, -0.1) is 0 Å². The minimum Gasteiger partial charge on any atom is -0.484 e. The lowest BCUT2D eigenvalue weighted by Gasteiger charge is -2.60. The number of fused-ring (bicyclic) bond motifs is 2. The zero-order valence-corrected chi connectivity index (χ0v) is 19.1. The van der Waals surface area contributed by atoms with Crippen LogP contribution in [0.25, 0.3) is 0 Å². The third-order valence-electron chi connectivity index (χ3n) is 6.00. The zero-order valence-electron chi connectivity index (χ0n) is 17.6. The molecule has 0 atom stereocenters. The third kappa shape index (κ3) is 5.50. The van der Waals surface area contributed by atoms with Gasteiger partial charge in [0.2, 0.25) is 0 Å². The van der Waals surface area contributed by atoms with Crippen molar-refractivity contribution in [2.24, 2.45) is 0 Å². The second-order valence-corrected chi connectivity index (χ2v) is 9.41. The molecule has 33 heavy (non-hydrogen) atoms. The summed E-state index contributed by atoms with van der Waals surface area (Å²) < 4.78 is 37.7. The summed E-state index contributed by atoms with van der Waals surface area (Å²) in [6, 6.07) is 7.95. The summed E-state index contributed by atoms with van der Waals surface area (Å²) in [5.74, 6) is -1.45. The Morgan fingerprint density at radius 2 is 1.24 bits per heavy atom. The monoisotopic (exact) mass is 498 g/mol. The summed E-state index contributed by atoms with van der Waals surface area (Å²) in [5, 5.41) is 5.97. The molecule has 3 aliphatic carbocycles. The van der Waals surface area contributed by atoms with Crippen LogP contribution in [-0.4, -0.2) is 36.1 Å². The number of rotatable bonds is 8. The average molecular weight is 499 g/mol. The number of halogens is 4. The van der Waals surface area contributed by atoms with Crippen LogP contribution in [0.2, 0.25) is 10.0 Å². The van der Waals surface area contributed by atoms with Crippen molar-refractivity contribution >= 4 is 35.0 Å². The highest BCUT2D eigenvalue weighted by Crippen LogP contribution is 2.52. The van der Waals surface area contributed by atoms with Crippen LogP contribution in [0.3, 0.4) is 0 Å². The summed E-state index contributed by atoms with van der Waals surface area (Å²) in [6.45, 7) is -0.513. The van der Waals surface area contributed by atoms with Crippen LogP contribution in [0.5, 0.6) is 11.5 Å². The van der Waals surface area contributed by atoms with Crippen LogP contribution < -0.4 is 20.1 Å². The quantitative estimate of drug-likeness (QED) is 0.564. The Morgan fingerprint density at radius 1 is 0.818 bits per heavy atom. The lowest BCUT2D eigenvalue weighted by atomic mass is 9.54. The molecule has 0 spiro atoms. The molecule has 3 saturated carbocycles. The van der Waals surface area contributed by atoms with Gasteiger partial charge in [0, 0.05) is 23.2 Å². The number of hydrogen-bond donors (Lipinski definition) is 2. The summed E-state index contributed by atoms with van der Waals surface area (Å²) in [4.78, 5) is 24.8. The Balaban J connectivity index is 1.25. The van der Waals surface area contributed by atoms with E-state index in [-0.39, 0.29) is 46.6 Å². The Kier molecular flexibility index (Phi) is 6.68. The molecule has 176 valence electrons. The Hall–Kier alpha value is -2.58. The maximum absolute atomic E-state index is 13.5. The molecule has 0 unspecified atom stereocenters. The second kappa shape index (κ2) is 9.35. The molecule has 2 aromatic rings. The van der Waals surface area contributed by atoms with E-state index >= 15 is 0 Å². The molecule has 3 aliphatic rings. The highest BCUT2D eigenvalue weighted by Gasteiger charge is 2.58. The van der Waals surface area contributed by atoms with Crippen molar-refractivity contribution in [2.75, 3.05) is 13.2 Å². The van der Waals surface area contributed by atoms with Gasteiger partial charge in [0.1, 0.15) is 23.1 Å². The molecule has 2 bridgehead atoms. The highest BCUT2D eigenvalue weighted by molar-refractivity contribution is 6.31. The normalized spacial score (nSPS) is 23.3. The number of amides is 2. The number of carbonyl (C=O) groups excluding carboxylic acids is 2. The van der Waals surface area contributed by atoms with Gasteiger partial charge in [0.25, 0.3) is 11.8 Å². The van der Waals surface area contributed by atoms with Gasteiger partial charge in [-0.3, -0.25) is 9.59 Å². The van der Waals surface area contributed by atoms with Crippen LogP contribution in [0.4, 0.5) is 8.78 Å². The molecule has 0 radical (unpaired) electrons. The van der Waals surface area contributed by atoms with Gasteiger partial charge in [-0.2, -0.15) is 0 Å². The van der Waals surface area contributed by atoms with E-state index in [0.29, 0.717) is 12.8 Å². The molecule has 3 fully saturated rings. The standard InChI is InChI=1S/C23H22Cl2F2N2O4/c24-16-4-2-14(8-18(16)26)32-10-20(30)28-22-6-1-7-23(12-22,13-22)29-21(31)11-33-15-3-5-17(25)19(27)9-15/h2-5,8-9H,1,6-7,10-13H2,(H,28,30)(H,29,31). The number of carbonyl (C=O) groups is 2. The Morgan fingerprint density at radius 3 is 1.64 bits per heavy atom. The minimum atomic E-state index is -0.620. The minimum absolute atomic E-state index is 0.0218. The molecule has 5 rings (SSSR count). The Bertz CT molecular complexity index is 995. The molecular weight excluding hydrogens is 477 g/mol. The van der Waals surface area contributed by atoms with E-state index in [2.05, 4.69) is 10.6 Å². The van der Waals surface area contributed by atoms with Crippen LogP contribution in [0.1, 0.15) is 32.1 Å². The predicted molar refractivity (Wildman–Crippen MR) is 119 cm³/mol. The van der Waals surface area contributed by atoms with E-state index in [1.54, 1.807) is 0 Å². The fourth-order valence-electron chi connectivity index (χ4n) is 4.76. The van der Waals surface area contributed by atoms with E-state index in [0.717, 1.165) is 31.4 Å². The lowest BCUT2D eigenvalue weighted by Crippen LogP contribution is -2.73. The van der Waals surface area contributed by atoms with Crippen molar-refractivity contribution in [3.63, 3.8) is 0 Å². The van der Waals surface area contributed by atoms with Crippen molar-refractivity contribution in [2.45, 2.75) is 43.2 Å². The van der Waals surface area contributed by atoms with Crippen LogP contribution in [0, 0.1) is 11.6 Å². The maximum Gasteiger partial charge on any atom is 0.258 e. The SMILES string of the molecule is O=C(COc1ccc(Cl)c(F)c1)NC12CCCC(NC(=O)COc3ccc(Cl)c(F)c3)(C1)C2. The molecule has 0 heterocycles. The molecule has 2 amide bonds. The largest absolute Gasteiger partial charge is 0.484 e. The van der Waals surface area contributed by atoms with Crippen molar-refractivity contribution in [3.8, 4) is 11.5 Å². The maximum atomic E-state index is 13.5. The first-order valence-electron chi connectivity index (χ1n) is 10.5. The molecule has 2 aromatic carbocycles. The fourth-order valence-corrected chi connectivity index (χ4v) is 4.99. The van der Waals surface area contributed by atoms with Gasteiger partial charge in [-0.25, -0.2) is 8.78 Å². The molecule has 0 aromatic heterocycles. The number of hydrogen-bond acceptors (Lipinski definition) is 4. The van der Waals surface area contributed by atoms with Gasteiger partial charge >= 0.3 is 0 Å². The summed E-state index contributed by atoms with van der Waals surface area (Å²) in [7, 11) is 0. The predicted octanol–water partition coefficient (Wildman–Crippen LogP) is 4.42. The van der Waals surface area contributed by atoms with Crippen molar-refractivity contribution in [3.05, 3.63) is 58.1 Å². The summed E-state index contributed by atoms with van der Waals surface area (Å²) in [6.07, 6.45) is 3.64. The summed E-state index contributed by atoms with van der Waals surface area (Å²) in [5.41, 5.74) is -0.811. The van der Waals surface area contributed by atoms with E-state index < -0.39 is 22.7 Å². The fraction of sp³-hybridized carbons (Fsp3) is 0.391. The van der Waals surface area contributed by atoms with Gasteiger partial charge in [-0.1, -0.05) is 23.2 Å². The molecule has 10 heteroatoms. The molecule has 2 N–H and O–H groups in total. The summed E-state index contributed by atoms with van der Waals surface area (Å²) >= 11 is 11.3. The molecule has 6 nitrogen and oxygen atoms in total. The van der Waals surface area contributed by atoms with Crippen LogP contribution in [0.15, 0.2) is 36.4 Å². The van der Waals surface area contributed by atoms with Crippen molar-refractivity contribution in [1.29, 1.82) is 0 Å². The van der Waals surface area contributed by atoms with E-state index in [4.69, 9.17) is 32.7 Å². The van der Waals surface area contributed by atoms with Gasteiger partial charge in [-0.05, 0) is 56.4 Å². The van der Waals surface area contributed by atoms with Crippen molar-refractivity contribution < 1.29 is 27.8 Å². The average Bonchev–Trinajstić information content (AvgIpc) is 2.75. The molecular formula is C23H22Cl2F2N2O4. The first-order chi connectivity index (χ1) is 15.7. The number of benzene rings is 2. The second-order valence-electron chi connectivity index (χ2n) is 8.59. The van der Waals surface area contributed by atoms with Crippen LogP contribution >= 0.6 is 23.2 Å². The van der Waals surface area contributed by atoms with E-state index in [9.17, 15) is 18.4 Å². The third-order valence-corrected chi connectivity index (χ3v) is 6.61. The molecule has 0 aliphatic heterocycles. The van der Waals surface area contributed by atoms with Gasteiger partial charge in [0.05, 0.1) is 10.0 Å². The smallest absolute Gasteiger partial charge is 0.258 e. The van der Waals surface area contributed by atoms with Gasteiger partial charge in [0.15, 0.2) is 13.2 Å². The molecule has 0 saturated heterocycles. The van der Waals surface area contributed by atoms with E-state index in [1.165, 1.54) is 24.3 Å². The number of nitrogens with one attached hydrogen (secondary N) is 2. The first kappa shape index (κ1) is 23.6. The highest BCUT2D eigenvalue weighted by atomic mass is 35.5. The van der Waals surface area contributed by atoms with Crippen LogP contribution in [-0.2, 0) is 9.59 Å². The van der Waals surface area contributed by atoms with Gasteiger partial charge < -0.3 is 20.1 Å². The first-order valence-corrected chi connectivity index (χ1v) is 11.2. The topological polar surface area (TPSA) is 76.7 Å². The van der Waals surface area contributed by atoms with E-state index in [1.807, 2.05) is 0 Å². The lowest BCUT2D eigenvalue weighted by molar-refractivity contribution is -0.134. The van der Waals surface area contributed by atoms with Crippen molar-refractivity contribution in [1.82, 2.24) is 10.6 Å². The number of ether oxygens (including phenoxy) is 2. The Labute approximate surface area is 199 Å².